The van der Waals surface area contributed by atoms with Gasteiger partial charge in [0.25, 0.3) is 0 Å². The van der Waals surface area contributed by atoms with Crippen LogP contribution in [0.25, 0.3) is 0 Å². The van der Waals surface area contributed by atoms with Crippen molar-refractivity contribution in [2.24, 2.45) is 0 Å². The Balaban J connectivity index is 4.99. The molecule has 0 aromatic carbocycles. The largest absolute Gasteiger partial charge is 0.479 e. The molecule has 0 unspecified atom stereocenters. The van der Waals surface area contributed by atoms with E-state index in [4.69, 9.17) is 71.8 Å². The van der Waals surface area contributed by atoms with E-state index in [2.05, 4.69) is 9.47 Å². The first-order valence-electron chi connectivity index (χ1n) is 24.2. The van der Waals surface area contributed by atoms with Crippen molar-refractivity contribution < 1.29 is 158 Å². The summed E-state index contributed by atoms with van der Waals surface area (Å²) in [6.07, 6.45) is -26.6. The van der Waals surface area contributed by atoms with E-state index in [0.29, 0.717) is 0 Å². The molecule has 0 bridgehead atoms. The molecule has 0 aromatic rings. The van der Waals surface area contributed by atoms with Gasteiger partial charge < -0.3 is 81.3 Å². The van der Waals surface area contributed by atoms with E-state index in [9.17, 15) is 76.7 Å². The maximum Gasteiger partial charge on any atom is 0.347 e. The predicted octanol–water partition coefficient (Wildman–Crippen LogP) is -1.01. The first kappa shape index (κ1) is 72.5. The molecule has 0 radical (unpaired) electrons. The molecule has 16 atom stereocenters. The van der Waals surface area contributed by atoms with E-state index in [1.165, 1.54) is 0 Å². The molecule has 0 aliphatic rings. The lowest BCUT2D eigenvalue weighted by Crippen LogP contribution is -2.40. The average Bonchev–Trinajstić information content (AvgIpc) is 3.37. The molecular weight excluding hydrogens is 1100 g/mol. The summed E-state index contributed by atoms with van der Waals surface area (Å²) in [6, 6.07) is 0. The molecule has 0 rings (SSSR count). The fraction of sp³-hybridized carbons (Fsp3) is 0.667. The summed E-state index contributed by atoms with van der Waals surface area (Å²) < 4.78 is 73.3. The summed E-state index contributed by atoms with van der Waals surface area (Å²) in [5.74, 6) is -20.7. The summed E-state index contributed by atoms with van der Waals surface area (Å²) in [7, 11) is 0. The first-order valence-corrected chi connectivity index (χ1v) is 24.2. The van der Waals surface area contributed by atoms with Crippen LogP contribution in [-0.4, -0.2) is 203 Å². The van der Waals surface area contributed by atoms with Crippen LogP contribution in [0.3, 0.4) is 0 Å². The molecule has 0 aromatic heterocycles. The van der Waals surface area contributed by atoms with Crippen molar-refractivity contribution in [1.29, 1.82) is 0 Å². The van der Waals surface area contributed by atoms with Gasteiger partial charge in [-0.05, 0) is 111 Å². The van der Waals surface area contributed by atoms with Crippen LogP contribution in [0.4, 0.5) is 0 Å². The smallest absolute Gasteiger partial charge is 0.347 e. The Labute approximate surface area is 461 Å². The predicted molar refractivity (Wildman–Crippen MR) is 253 cm³/mol. The van der Waals surface area contributed by atoms with E-state index in [-0.39, 0.29) is 0 Å². The normalized spacial score (nSPS) is 16.8. The van der Waals surface area contributed by atoms with Crippen LogP contribution in [0.15, 0.2) is 0 Å². The fourth-order valence-electron chi connectivity index (χ4n) is 4.88. The van der Waals surface area contributed by atoms with Crippen LogP contribution in [-0.2, 0) is 148 Å². The van der Waals surface area contributed by atoms with Crippen LogP contribution >= 0.6 is 0 Å². The lowest BCUT2D eigenvalue weighted by molar-refractivity contribution is -0.190. The van der Waals surface area contributed by atoms with Gasteiger partial charge in [-0.1, -0.05) is 0 Å². The van der Waals surface area contributed by atoms with Crippen molar-refractivity contribution >= 4 is 95.5 Å². The molecule has 2 N–H and O–H groups in total. The van der Waals surface area contributed by atoms with Gasteiger partial charge >= 0.3 is 95.5 Å². The summed E-state index contributed by atoms with van der Waals surface area (Å²) in [5.41, 5.74) is 0. The number of hydrogen-bond acceptors (Lipinski definition) is 31. The number of hydrogen-bond donors (Lipinski definition) is 2. The van der Waals surface area contributed by atoms with Crippen molar-refractivity contribution in [3.8, 4) is 0 Å². The van der Waals surface area contributed by atoms with Gasteiger partial charge in [-0.2, -0.15) is 0 Å². The third-order valence-electron chi connectivity index (χ3n) is 9.85. The minimum absolute atomic E-state index is 1.02. The van der Waals surface area contributed by atoms with Crippen LogP contribution in [0.1, 0.15) is 111 Å². The van der Waals surface area contributed by atoms with Crippen molar-refractivity contribution in [3.63, 3.8) is 0 Å². The summed E-state index contributed by atoms with van der Waals surface area (Å²) >= 11 is 0. The van der Waals surface area contributed by atoms with Crippen molar-refractivity contribution in [3.05, 3.63) is 0 Å². The van der Waals surface area contributed by atoms with Gasteiger partial charge in [0.2, 0.25) is 0 Å². The maximum atomic E-state index is 12.7. The third kappa shape index (κ3) is 25.9. The Morgan fingerprint density at radius 3 is 0.358 bits per heavy atom. The second-order valence-corrected chi connectivity index (χ2v) is 17.2. The van der Waals surface area contributed by atoms with Crippen molar-refractivity contribution in [2.75, 3.05) is 0 Å². The summed E-state index contributed by atoms with van der Waals surface area (Å²) in [4.78, 5) is 196. The summed E-state index contributed by atoms with van der Waals surface area (Å²) in [6.45, 7) is 16.7. The summed E-state index contributed by atoms with van der Waals surface area (Å²) in [5, 5.41) is 17.7. The van der Waals surface area contributed by atoms with Gasteiger partial charge in [-0.15, -0.1) is 0 Å². The highest BCUT2D eigenvalue weighted by atomic mass is 16.7. The molecule has 81 heavy (non-hydrogen) atoms. The molecule has 33 heteroatoms. The Morgan fingerprint density at radius 1 is 0.173 bits per heavy atom. The van der Waals surface area contributed by atoms with E-state index < -0.39 is 193 Å². The van der Waals surface area contributed by atoms with Gasteiger partial charge in [-0.25, -0.2) is 76.7 Å². The second-order valence-electron chi connectivity index (χ2n) is 17.2. The number of rotatable bonds is 32. The maximum absolute atomic E-state index is 12.7. The molecule has 0 aliphatic heterocycles. The van der Waals surface area contributed by atoms with Crippen molar-refractivity contribution in [1.82, 2.24) is 0 Å². The highest BCUT2D eigenvalue weighted by molar-refractivity contribution is 5.90. The minimum Gasteiger partial charge on any atom is -0.479 e. The molecule has 0 saturated carbocycles. The first-order chi connectivity index (χ1) is 37.2. The van der Waals surface area contributed by atoms with Gasteiger partial charge in [-0.3, -0.25) is 0 Å². The highest BCUT2D eigenvalue weighted by Gasteiger charge is 2.37. The number of carbonyl (C=O) groups is 16. The van der Waals surface area contributed by atoms with E-state index in [1.807, 2.05) is 0 Å². The molecule has 0 heterocycles. The van der Waals surface area contributed by atoms with Gasteiger partial charge in [0, 0.05) is 0 Å². The van der Waals surface area contributed by atoms with E-state index in [1.54, 1.807) is 0 Å². The number of esters is 14. The third-order valence-corrected chi connectivity index (χ3v) is 9.85. The van der Waals surface area contributed by atoms with Crippen LogP contribution in [0, 0.1) is 0 Å². The molecule has 0 saturated heterocycles. The van der Waals surface area contributed by atoms with Crippen LogP contribution in [0.5, 0.6) is 0 Å². The number of carbonyl (C=O) groups excluding carboxylic acids is 14. The minimum atomic E-state index is -1.74. The van der Waals surface area contributed by atoms with E-state index >= 15 is 0 Å². The molecule has 0 spiro atoms. The molecule has 456 valence electrons. The van der Waals surface area contributed by atoms with Gasteiger partial charge in [0.05, 0.1) is 0 Å². The zero-order valence-electron chi connectivity index (χ0n) is 46.8. The molecule has 0 amide bonds. The fourth-order valence-corrected chi connectivity index (χ4v) is 4.88. The SMILES string of the molecule is C[C@H](OC(=O)[C@H](C)OC(=O)[C@H](C)OC(=O)[C@H](C)OC(=O)[C@H](C)OC(=O)[C@H](C)OC(=O)[C@H](C)OC(=O)[C@H](C)O[C@@H](C)C(=O)O[C@@H](C)C(=O)O[C@@H](C)C(=O)O[C@@H](C)C(=O)O[C@@H](C)C(=O)O[C@@H](C)C(=O)O[C@@H](C)C(=O)O[C@@H](C)C(=O)O)C(=O)O. The van der Waals surface area contributed by atoms with Crippen LogP contribution < -0.4 is 0 Å². The number of carboxylic acid groups (broad SMARTS) is 2. The van der Waals surface area contributed by atoms with Gasteiger partial charge in [0.1, 0.15) is 0 Å². The number of carboxylic acids is 2. The highest BCUT2D eigenvalue weighted by Crippen LogP contribution is 2.14. The lowest BCUT2D eigenvalue weighted by atomic mass is 10.3. The number of aliphatic carboxylic acids is 2. The van der Waals surface area contributed by atoms with Gasteiger partial charge in [0.15, 0.2) is 97.7 Å². The quantitative estimate of drug-likeness (QED) is 0.0602. The Bertz CT molecular complexity index is 2180. The second kappa shape index (κ2) is 33.8. The zero-order chi connectivity index (χ0) is 63.1. The average molecular weight is 1170 g/mol. The monoisotopic (exact) mass is 1170 g/mol. The molecular formula is C48H66O33. The molecule has 0 fully saturated rings. The Kier molecular flexibility index (Phi) is 30.3. The topological polar surface area (TPSA) is 452 Å². The zero-order valence-corrected chi connectivity index (χ0v) is 46.8. The molecule has 0 aliphatic carbocycles. The lowest BCUT2D eigenvalue weighted by Gasteiger charge is -2.22. The Hall–Kier alpha value is -8.52. The number of ether oxygens (including phenoxy) is 15. The molecule has 33 nitrogen and oxygen atoms in total. The Morgan fingerprint density at radius 2 is 0.259 bits per heavy atom. The van der Waals surface area contributed by atoms with Crippen molar-refractivity contribution in [2.45, 2.75) is 208 Å². The van der Waals surface area contributed by atoms with E-state index in [0.717, 1.165) is 111 Å². The van der Waals surface area contributed by atoms with Crippen LogP contribution in [0.2, 0.25) is 0 Å². The standard InChI is InChI=1S/C48H66O33/c1-17(33(49)50)68-37(55)21(5)72-41(59)25(9)76-45(63)29(13)80-47(65)31(15)78-43(61)27(11)74-39(57)23(7)70-35(53)19(3)67-20(4)36(54)71-24(8)40(58)75-28(12)44(62)79-32(16)48(66)81-30(14)46(64)77-26(10)42(60)73-22(6)38(56)69-18(2)34(51)52/h17-32H,1-16H3,(H,49,50)(H,51,52)/t17-,18-,19-,20-,21-,22-,23-,24-,25-,26-,27-,28-,29-,30-,31-,32-/m0/s1.